The van der Waals surface area contributed by atoms with Gasteiger partial charge in [0.05, 0.1) is 36.3 Å². The molecule has 3 heterocycles. The molecule has 0 spiro atoms. The molecule has 0 aliphatic carbocycles. The summed E-state index contributed by atoms with van der Waals surface area (Å²) in [6.07, 6.45) is -3.15. The minimum atomic E-state index is -4.63. The summed E-state index contributed by atoms with van der Waals surface area (Å²) in [7, 11) is 1.20. The summed E-state index contributed by atoms with van der Waals surface area (Å²) in [5.41, 5.74) is 8.11. The van der Waals surface area contributed by atoms with Gasteiger partial charge in [-0.05, 0) is 114 Å². The van der Waals surface area contributed by atoms with Gasteiger partial charge in [0, 0.05) is 43.9 Å². The lowest BCUT2D eigenvalue weighted by molar-refractivity contribution is -0.159. The Balaban J connectivity index is 1.11. The number of carbonyl (C=O) groups excluding carboxylic acids is 3. The molecule has 2 aliphatic rings. The second-order valence-corrected chi connectivity index (χ2v) is 17.1. The van der Waals surface area contributed by atoms with Gasteiger partial charge in [0.15, 0.2) is 0 Å². The van der Waals surface area contributed by atoms with E-state index in [0.29, 0.717) is 50.2 Å². The predicted octanol–water partition coefficient (Wildman–Crippen LogP) is 9.87. The molecule has 1 aromatic heterocycles. The van der Waals surface area contributed by atoms with Crippen LogP contribution in [0.25, 0.3) is 11.1 Å². The Morgan fingerprint density at radius 2 is 1.66 bits per heavy atom. The lowest BCUT2D eigenvalue weighted by atomic mass is 9.90. The van der Waals surface area contributed by atoms with Gasteiger partial charge in [-0.3, -0.25) is 19.5 Å². The third-order valence-corrected chi connectivity index (χ3v) is 12.7. The van der Waals surface area contributed by atoms with Crippen molar-refractivity contribution in [2.75, 3.05) is 20.2 Å². The number of pyridine rings is 1. The Bertz CT molecular complexity index is 2520. The minimum Gasteiger partial charge on any atom is -0.486 e. The van der Waals surface area contributed by atoms with E-state index in [-0.39, 0.29) is 44.5 Å². The maximum Gasteiger partial charge on any atom is 0.401 e. The van der Waals surface area contributed by atoms with Crippen molar-refractivity contribution in [1.29, 1.82) is 0 Å². The first-order valence-corrected chi connectivity index (χ1v) is 21.7. The number of benzene rings is 4. The average Bonchev–Trinajstić information content (AvgIpc) is 3.45. The first kappa shape index (κ1) is 46.4. The number of hydrogen-bond acceptors (Lipinski definition) is 8. The average molecular weight is 918 g/mol. The second kappa shape index (κ2) is 19.6. The van der Waals surface area contributed by atoms with E-state index in [9.17, 15) is 27.6 Å². The van der Waals surface area contributed by atoms with Gasteiger partial charge in [-0.15, -0.1) is 0 Å². The molecule has 0 radical (unpaired) electrons. The molecule has 2 aliphatic heterocycles. The molecule has 0 unspecified atom stereocenters. The Morgan fingerprint density at radius 1 is 0.922 bits per heavy atom. The van der Waals surface area contributed by atoms with Crippen molar-refractivity contribution < 1.29 is 41.8 Å². The van der Waals surface area contributed by atoms with Gasteiger partial charge in [-0.2, -0.15) is 13.2 Å². The largest absolute Gasteiger partial charge is 0.486 e. The number of hydrogen-bond donors (Lipinski definition) is 1. The third-order valence-electron chi connectivity index (χ3n) is 11.9. The number of esters is 1. The fraction of sp³-hybridized carbons (Fsp3) is 0.347. The lowest BCUT2D eigenvalue weighted by Crippen LogP contribution is -2.56. The van der Waals surface area contributed by atoms with E-state index in [2.05, 4.69) is 10.3 Å². The van der Waals surface area contributed by atoms with Gasteiger partial charge in [-0.1, -0.05) is 72.6 Å². The fourth-order valence-electron chi connectivity index (χ4n) is 8.32. The number of fused-ring (bicyclic) bond motifs is 2. The number of methoxy groups -OCH3 is 1. The summed E-state index contributed by atoms with van der Waals surface area (Å²) in [5.74, 6) is -0.620. The number of ether oxygens (including phenoxy) is 3. The summed E-state index contributed by atoms with van der Waals surface area (Å²) in [5, 5.41) is 3.60. The van der Waals surface area contributed by atoms with E-state index < -0.39 is 42.8 Å². The normalized spacial score (nSPS) is 17.2. The van der Waals surface area contributed by atoms with Gasteiger partial charge >= 0.3 is 12.1 Å². The highest BCUT2D eigenvalue weighted by molar-refractivity contribution is 6.42. The van der Waals surface area contributed by atoms with Gasteiger partial charge in [-0.25, -0.2) is 4.79 Å². The van der Waals surface area contributed by atoms with E-state index in [1.165, 1.54) is 14.0 Å². The van der Waals surface area contributed by atoms with Crippen LogP contribution in [-0.4, -0.2) is 71.0 Å². The highest BCUT2D eigenvalue weighted by Crippen LogP contribution is 2.38. The predicted molar refractivity (Wildman–Crippen MR) is 238 cm³/mol. The zero-order valence-corrected chi connectivity index (χ0v) is 37.6. The molecule has 0 fully saturated rings. The van der Waals surface area contributed by atoms with Crippen LogP contribution in [0, 0.1) is 13.8 Å². The Labute approximate surface area is 380 Å². The van der Waals surface area contributed by atoms with Crippen molar-refractivity contribution in [3.8, 4) is 22.6 Å². The first-order chi connectivity index (χ1) is 30.5. The van der Waals surface area contributed by atoms with Crippen LogP contribution in [0.5, 0.6) is 11.5 Å². The SMILES string of the molecule is CC[C@@H](Oc1ccc([C@H]2CN(C(C)=O)Cc3cc4c(cc3O2)CN(CC(F)(F)F)[C@H](C(=O)N[C@@H](Cc2ccc(-c3ccnc(C)c3C)cc2)C(=O)OC)C4)cc1)c1ccc(Cl)c(Cl)c1. The highest BCUT2D eigenvalue weighted by Gasteiger charge is 2.41. The number of aryl methyl sites for hydroxylation is 1. The van der Waals surface area contributed by atoms with Crippen LogP contribution in [-0.2, 0) is 45.1 Å². The van der Waals surface area contributed by atoms with Crippen molar-refractivity contribution in [1.82, 2.24) is 20.1 Å². The van der Waals surface area contributed by atoms with Gasteiger partial charge in [0.2, 0.25) is 11.8 Å². The van der Waals surface area contributed by atoms with Crippen LogP contribution < -0.4 is 14.8 Å². The van der Waals surface area contributed by atoms with Crippen LogP contribution >= 0.6 is 23.2 Å². The molecule has 336 valence electrons. The molecule has 0 saturated heterocycles. The van der Waals surface area contributed by atoms with Crippen LogP contribution in [0.4, 0.5) is 13.2 Å². The van der Waals surface area contributed by atoms with Gasteiger partial charge in [0.1, 0.15) is 29.7 Å². The van der Waals surface area contributed by atoms with E-state index >= 15 is 0 Å². The molecule has 0 bridgehead atoms. The number of nitrogens with zero attached hydrogens (tertiary/aromatic N) is 3. The van der Waals surface area contributed by atoms with Gasteiger partial charge in [0.25, 0.3) is 0 Å². The molecule has 0 saturated carbocycles. The summed E-state index contributed by atoms with van der Waals surface area (Å²) in [6, 6.07) is 23.3. The Hall–Kier alpha value is -5.63. The van der Waals surface area contributed by atoms with E-state index in [4.69, 9.17) is 37.4 Å². The standard InChI is InChI=1S/C49H49Cl2F3N4O6/c1-6-44(34-13-16-40(50)41(51)21-34)63-38-14-11-33(12-15-38)46-26-57(30(4)59)25-37-20-35-22-43(58(27-49(52,53)54)24-36(35)23-45(37)64-46)47(60)56-42(48(61)62-5)19-31-7-9-32(10-8-31)39-17-18-55-29(3)28(39)2/h7-18,20-21,23,42-44,46H,6,19,22,24-27H2,1-5H3,(H,56,60)/t42-,43-,44+,46+/m0/s1. The molecular weight excluding hydrogens is 868 g/mol. The smallest absolute Gasteiger partial charge is 0.401 e. The summed E-state index contributed by atoms with van der Waals surface area (Å²) < 4.78 is 60.5. The monoisotopic (exact) mass is 916 g/mol. The molecule has 64 heavy (non-hydrogen) atoms. The van der Waals surface area contributed by atoms with Crippen molar-refractivity contribution in [3.05, 3.63) is 146 Å². The number of amides is 2. The van der Waals surface area contributed by atoms with E-state index in [1.807, 2.05) is 87.5 Å². The van der Waals surface area contributed by atoms with E-state index in [1.54, 1.807) is 29.3 Å². The quantitative estimate of drug-likeness (QED) is 0.123. The van der Waals surface area contributed by atoms with Crippen LogP contribution in [0.2, 0.25) is 10.0 Å². The molecule has 2 amide bonds. The topological polar surface area (TPSA) is 110 Å². The molecule has 1 N–H and O–H groups in total. The zero-order valence-electron chi connectivity index (χ0n) is 36.1. The van der Waals surface area contributed by atoms with Crippen molar-refractivity contribution >= 4 is 41.0 Å². The van der Waals surface area contributed by atoms with Crippen LogP contribution in [0.1, 0.15) is 77.1 Å². The Kier molecular flexibility index (Phi) is 14.2. The maximum atomic E-state index is 14.2. The number of rotatable bonds is 12. The van der Waals surface area contributed by atoms with Gasteiger partial charge < -0.3 is 24.4 Å². The molecule has 7 rings (SSSR count). The summed E-state index contributed by atoms with van der Waals surface area (Å²) in [4.78, 5) is 47.2. The zero-order chi connectivity index (χ0) is 45.9. The number of alkyl halides is 3. The first-order valence-electron chi connectivity index (χ1n) is 21.0. The molecule has 5 aromatic rings. The van der Waals surface area contributed by atoms with Crippen molar-refractivity contribution in [2.24, 2.45) is 0 Å². The lowest BCUT2D eigenvalue weighted by Gasteiger charge is -2.37. The maximum absolute atomic E-state index is 14.2. The van der Waals surface area contributed by atoms with Crippen molar-refractivity contribution in [2.45, 2.75) is 90.5 Å². The molecule has 15 heteroatoms. The molecular formula is C49H49Cl2F3N4O6. The van der Waals surface area contributed by atoms with Crippen LogP contribution in [0.15, 0.2) is 91.1 Å². The third kappa shape index (κ3) is 10.8. The Morgan fingerprint density at radius 3 is 2.31 bits per heavy atom. The number of nitrogens with one attached hydrogen (secondary N) is 1. The molecule has 10 nitrogen and oxygen atoms in total. The second-order valence-electron chi connectivity index (χ2n) is 16.3. The highest BCUT2D eigenvalue weighted by atomic mass is 35.5. The minimum absolute atomic E-state index is 0.0518. The number of aromatic nitrogens is 1. The molecule has 4 aromatic carbocycles. The van der Waals surface area contributed by atoms with Crippen LogP contribution in [0.3, 0.4) is 0 Å². The van der Waals surface area contributed by atoms with E-state index in [0.717, 1.165) is 38.4 Å². The summed E-state index contributed by atoms with van der Waals surface area (Å²) >= 11 is 12.4. The summed E-state index contributed by atoms with van der Waals surface area (Å²) in [6.45, 7) is 6.20. The van der Waals surface area contributed by atoms with Crippen molar-refractivity contribution in [3.63, 3.8) is 0 Å². The molecule has 4 atom stereocenters. The number of halogens is 5. The fourth-order valence-corrected chi connectivity index (χ4v) is 8.63. The number of carbonyl (C=O) groups is 3.